The predicted molar refractivity (Wildman–Crippen MR) is 81.5 cm³/mol. The van der Waals surface area contributed by atoms with Crippen LogP contribution in [0.25, 0.3) is 0 Å². The van der Waals surface area contributed by atoms with E-state index in [0.29, 0.717) is 12.8 Å². The molecule has 0 bridgehead atoms. The zero-order valence-corrected chi connectivity index (χ0v) is 13.7. The van der Waals surface area contributed by atoms with Crippen LogP contribution in [-0.2, 0) is 19.6 Å². The lowest BCUT2D eigenvalue weighted by molar-refractivity contribution is -0.143. The molecular formula is C15H19NO6S. The SMILES string of the molecule is COC(=O)c1ccccc1S(=O)(=O)N1CC(C(=O)O)CCC1C. The Bertz CT molecular complexity index is 714. The minimum Gasteiger partial charge on any atom is -0.481 e. The molecular weight excluding hydrogens is 322 g/mol. The molecule has 1 aliphatic rings. The number of esters is 1. The minimum atomic E-state index is -3.99. The topological polar surface area (TPSA) is 101 Å². The van der Waals surface area contributed by atoms with Crippen molar-refractivity contribution in [3.63, 3.8) is 0 Å². The summed E-state index contributed by atoms with van der Waals surface area (Å²) < 4.78 is 31.7. The number of carboxylic acid groups (broad SMARTS) is 1. The van der Waals surface area contributed by atoms with Crippen molar-refractivity contribution in [3.8, 4) is 0 Å². The van der Waals surface area contributed by atoms with Gasteiger partial charge >= 0.3 is 11.9 Å². The Morgan fingerprint density at radius 2 is 1.91 bits per heavy atom. The van der Waals surface area contributed by atoms with Gasteiger partial charge in [-0.2, -0.15) is 4.31 Å². The van der Waals surface area contributed by atoms with Crippen molar-refractivity contribution in [1.82, 2.24) is 4.31 Å². The van der Waals surface area contributed by atoms with Crippen molar-refractivity contribution in [2.24, 2.45) is 5.92 Å². The average Bonchev–Trinajstić information content (AvgIpc) is 2.54. The Morgan fingerprint density at radius 1 is 1.26 bits per heavy atom. The summed E-state index contributed by atoms with van der Waals surface area (Å²) in [5.41, 5.74) is -0.0559. The highest BCUT2D eigenvalue weighted by Crippen LogP contribution is 2.29. The van der Waals surface area contributed by atoms with Gasteiger partial charge in [-0.05, 0) is 31.9 Å². The number of aliphatic carboxylic acids is 1. The van der Waals surface area contributed by atoms with Gasteiger partial charge in [0, 0.05) is 12.6 Å². The minimum absolute atomic E-state index is 0.0559. The van der Waals surface area contributed by atoms with Crippen LogP contribution in [-0.4, -0.2) is 49.5 Å². The number of methoxy groups -OCH3 is 1. The largest absolute Gasteiger partial charge is 0.481 e. The van der Waals surface area contributed by atoms with Gasteiger partial charge in [0.05, 0.1) is 23.5 Å². The fourth-order valence-corrected chi connectivity index (χ4v) is 4.60. The number of sulfonamides is 1. The molecule has 0 aromatic heterocycles. The number of hydrogen-bond donors (Lipinski definition) is 1. The molecule has 1 aliphatic heterocycles. The number of hydrogen-bond acceptors (Lipinski definition) is 5. The standard InChI is InChI=1S/C15H19NO6S/c1-10-7-8-11(14(17)18)9-16(10)23(20,21)13-6-4-3-5-12(13)15(19)22-2/h3-6,10-11H,7-9H2,1-2H3,(H,17,18). The molecule has 1 heterocycles. The van der Waals surface area contributed by atoms with E-state index in [9.17, 15) is 18.0 Å². The van der Waals surface area contributed by atoms with Gasteiger partial charge < -0.3 is 9.84 Å². The molecule has 0 amide bonds. The van der Waals surface area contributed by atoms with Crippen LogP contribution in [0.4, 0.5) is 0 Å². The Labute approximate surface area is 134 Å². The first-order chi connectivity index (χ1) is 10.8. The lowest BCUT2D eigenvalue weighted by atomic mass is 9.96. The van der Waals surface area contributed by atoms with E-state index >= 15 is 0 Å². The molecule has 0 saturated carbocycles. The highest BCUT2D eigenvalue weighted by Gasteiger charge is 2.38. The Kier molecular flexibility index (Phi) is 5.06. The van der Waals surface area contributed by atoms with E-state index in [1.165, 1.54) is 25.3 Å². The van der Waals surface area contributed by atoms with Crippen molar-refractivity contribution in [2.45, 2.75) is 30.7 Å². The molecule has 2 unspecified atom stereocenters. The molecule has 0 aliphatic carbocycles. The van der Waals surface area contributed by atoms with Gasteiger partial charge in [-0.3, -0.25) is 4.79 Å². The molecule has 2 rings (SSSR count). The van der Waals surface area contributed by atoms with Gasteiger partial charge in [-0.25, -0.2) is 13.2 Å². The first kappa shape index (κ1) is 17.4. The van der Waals surface area contributed by atoms with Crippen LogP contribution in [0.5, 0.6) is 0 Å². The Morgan fingerprint density at radius 3 is 2.52 bits per heavy atom. The number of nitrogens with zero attached hydrogens (tertiary/aromatic N) is 1. The fourth-order valence-electron chi connectivity index (χ4n) is 2.71. The number of carbonyl (C=O) groups excluding carboxylic acids is 1. The van der Waals surface area contributed by atoms with Gasteiger partial charge in [-0.15, -0.1) is 0 Å². The maximum Gasteiger partial charge on any atom is 0.339 e. The van der Waals surface area contributed by atoms with E-state index in [-0.39, 0.29) is 23.0 Å². The molecule has 1 saturated heterocycles. The molecule has 1 N–H and O–H groups in total. The summed E-state index contributed by atoms with van der Waals surface area (Å²) in [4.78, 5) is 22.9. The maximum absolute atomic E-state index is 12.9. The first-order valence-electron chi connectivity index (χ1n) is 7.21. The second-order valence-corrected chi connectivity index (χ2v) is 7.38. The van der Waals surface area contributed by atoms with Crippen LogP contribution in [0.15, 0.2) is 29.2 Å². The summed E-state index contributed by atoms with van der Waals surface area (Å²) in [6.45, 7) is 1.63. The molecule has 0 spiro atoms. The van der Waals surface area contributed by atoms with E-state index in [2.05, 4.69) is 4.74 Å². The third kappa shape index (κ3) is 3.37. The van der Waals surface area contributed by atoms with Crippen LogP contribution in [0.3, 0.4) is 0 Å². The summed E-state index contributed by atoms with van der Waals surface area (Å²) in [6.07, 6.45) is 0.887. The van der Waals surface area contributed by atoms with Crippen molar-refractivity contribution in [2.75, 3.05) is 13.7 Å². The zero-order chi connectivity index (χ0) is 17.2. The lowest BCUT2D eigenvalue weighted by Crippen LogP contribution is -2.47. The molecule has 0 radical (unpaired) electrons. The number of carbonyl (C=O) groups is 2. The second kappa shape index (κ2) is 6.67. The third-order valence-corrected chi connectivity index (χ3v) is 6.09. The number of ether oxygens (including phenoxy) is 1. The van der Waals surface area contributed by atoms with Crippen molar-refractivity contribution < 1.29 is 27.9 Å². The highest BCUT2D eigenvalue weighted by molar-refractivity contribution is 7.89. The van der Waals surface area contributed by atoms with Crippen LogP contribution < -0.4 is 0 Å². The van der Waals surface area contributed by atoms with E-state index < -0.39 is 27.9 Å². The van der Waals surface area contributed by atoms with Gasteiger partial charge in [0.2, 0.25) is 10.0 Å². The smallest absolute Gasteiger partial charge is 0.339 e. The third-order valence-electron chi connectivity index (χ3n) is 4.05. The van der Waals surface area contributed by atoms with Crippen LogP contribution in [0.1, 0.15) is 30.1 Å². The summed E-state index contributed by atoms with van der Waals surface area (Å²) in [5.74, 6) is -2.51. The van der Waals surface area contributed by atoms with Crippen molar-refractivity contribution >= 4 is 22.0 Å². The van der Waals surface area contributed by atoms with Gasteiger partial charge in [0.25, 0.3) is 0 Å². The van der Waals surface area contributed by atoms with E-state index in [1.807, 2.05) is 0 Å². The molecule has 126 valence electrons. The molecule has 23 heavy (non-hydrogen) atoms. The van der Waals surface area contributed by atoms with Crippen molar-refractivity contribution in [1.29, 1.82) is 0 Å². The number of rotatable bonds is 4. The van der Waals surface area contributed by atoms with Gasteiger partial charge in [0.15, 0.2) is 0 Å². The Hall–Kier alpha value is -1.93. The van der Waals surface area contributed by atoms with Crippen molar-refractivity contribution in [3.05, 3.63) is 29.8 Å². The molecule has 8 heteroatoms. The molecule has 7 nitrogen and oxygen atoms in total. The van der Waals surface area contributed by atoms with Crippen LogP contribution in [0, 0.1) is 5.92 Å². The van der Waals surface area contributed by atoms with Gasteiger partial charge in [0.1, 0.15) is 0 Å². The summed E-state index contributed by atoms with van der Waals surface area (Å²) in [5, 5.41) is 9.16. The van der Waals surface area contributed by atoms with E-state index in [0.717, 1.165) is 4.31 Å². The molecule has 1 aromatic carbocycles. The number of carboxylic acids is 1. The number of piperidine rings is 1. The quantitative estimate of drug-likeness (QED) is 0.830. The lowest BCUT2D eigenvalue weighted by Gasteiger charge is -2.35. The fraction of sp³-hybridized carbons (Fsp3) is 0.467. The zero-order valence-electron chi connectivity index (χ0n) is 12.9. The molecule has 2 atom stereocenters. The van der Waals surface area contributed by atoms with Crippen LogP contribution >= 0.6 is 0 Å². The Balaban J connectivity index is 2.45. The molecule has 1 aromatic rings. The summed E-state index contributed by atoms with van der Waals surface area (Å²) in [7, 11) is -2.82. The average molecular weight is 341 g/mol. The monoisotopic (exact) mass is 341 g/mol. The van der Waals surface area contributed by atoms with E-state index in [4.69, 9.17) is 5.11 Å². The second-order valence-electron chi connectivity index (χ2n) is 5.52. The summed E-state index contributed by atoms with van der Waals surface area (Å²) in [6, 6.07) is 5.44. The number of benzene rings is 1. The van der Waals surface area contributed by atoms with E-state index in [1.54, 1.807) is 13.0 Å². The van der Waals surface area contributed by atoms with Gasteiger partial charge in [-0.1, -0.05) is 12.1 Å². The first-order valence-corrected chi connectivity index (χ1v) is 8.65. The molecule has 1 fully saturated rings. The predicted octanol–water partition coefficient (Wildman–Crippen LogP) is 1.35. The normalized spacial score (nSPS) is 22.5. The van der Waals surface area contributed by atoms with Crippen LogP contribution in [0.2, 0.25) is 0 Å². The maximum atomic E-state index is 12.9. The highest BCUT2D eigenvalue weighted by atomic mass is 32.2. The summed E-state index contributed by atoms with van der Waals surface area (Å²) >= 11 is 0.